The van der Waals surface area contributed by atoms with Gasteiger partial charge in [0, 0.05) is 11.1 Å². The van der Waals surface area contributed by atoms with Crippen LogP contribution in [0.4, 0.5) is 0 Å². The molecule has 4 rings (SSSR count). The van der Waals surface area contributed by atoms with Gasteiger partial charge < -0.3 is 5.32 Å². The lowest BCUT2D eigenvalue weighted by Crippen LogP contribution is -2.33. The average Bonchev–Trinajstić information content (AvgIpc) is 3.54. The molecule has 0 spiro atoms. The fourth-order valence-electron chi connectivity index (χ4n) is 3.23. The van der Waals surface area contributed by atoms with Crippen molar-refractivity contribution in [3.63, 3.8) is 0 Å². The standard InChI is InChI=1S/C22H20ClN3O2/c23-18-10-8-17(9-11-18)21(16-6-7-16)24-22(28)19-12-13-20(27)26(25-19)14-15-4-2-1-3-5-15/h1-5,8-13,16,21H,6-7,14H2,(H,24,28). The molecule has 2 aromatic carbocycles. The van der Waals surface area contributed by atoms with E-state index in [1.165, 1.54) is 16.8 Å². The van der Waals surface area contributed by atoms with Crippen LogP contribution in [0.5, 0.6) is 0 Å². The average molecular weight is 394 g/mol. The molecule has 0 radical (unpaired) electrons. The molecule has 28 heavy (non-hydrogen) atoms. The summed E-state index contributed by atoms with van der Waals surface area (Å²) in [4.78, 5) is 25.0. The number of hydrogen-bond acceptors (Lipinski definition) is 3. The van der Waals surface area contributed by atoms with Gasteiger partial charge in [0.2, 0.25) is 0 Å². The lowest BCUT2D eigenvalue weighted by molar-refractivity contribution is 0.0924. The molecule has 1 aromatic heterocycles. The summed E-state index contributed by atoms with van der Waals surface area (Å²) in [6.45, 7) is 0.323. The minimum Gasteiger partial charge on any atom is -0.344 e. The van der Waals surface area contributed by atoms with E-state index in [1.807, 2.05) is 54.6 Å². The Hall–Kier alpha value is -2.92. The van der Waals surface area contributed by atoms with Crippen molar-refractivity contribution in [1.82, 2.24) is 15.1 Å². The van der Waals surface area contributed by atoms with Gasteiger partial charge in [0.05, 0.1) is 12.6 Å². The Morgan fingerprint density at radius 1 is 1.07 bits per heavy atom. The van der Waals surface area contributed by atoms with Crippen LogP contribution >= 0.6 is 11.6 Å². The third-order valence-corrected chi connectivity index (χ3v) is 5.14. The highest BCUT2D eigenvalue weighted by Gasteiger charge is 2.33. The second-order valence-corrected chi connectivity index (χ2v) is 7.48. The fraction of sp³-hybridized carbons (Fsp3) is 0.227. The summed E-state index contributed by atoms with van der Waals surface area (Å²) in [5.74, 6) is 0.133. The first-order valence-corrected chi connectivity index (χ1v) is 9.66. The van der Waals surface area contributed by atoms with E-state index < -0.39 is 0 Å². The Bertz CT molecular complexity index is 1030. The van der Waals surface area contributed by atoms with Crippen LogP contribution in [0.2, 0.25) is 5.02 Å². The van der Waals surface area contributed by atoms with E-state index in [0.29, 0.717) is 17.5 Å². The zero-order valence-corrected chi connectivity index (χ0v) is 16.0. The van der Waals surface area contributed by atoms with E-state index in [2.05, 4.69) is 10.4 Å². The third kappa shape index (κ3) is 4.31. The molecular weight excluding hydrogens is 374 g/mol. The molecule has 0 bridgehead atoms. The van der Waals surface area contributed by atoms with Gasteiger partial charge in [0.25, 0.3) is 11.5 Å². The van der Waals surface area contributed by atoms with E-state index in [9.17, 15) is 9.59 Å². The quantitative estimate of drug-likeness (QED) is 0.692. The predicted molar refractivity (Wildman–Crippen MR) is 108 cm³/mol. The molecule has 142 valence electrons. The van der Waals surface area contributed by atoms with E-state index in [-0.39, 0.29) is 23.2 Å². The lowest BCUT2D eigenvalue weighted by Gasteiger charge is -2.19. The summed E-state index contributed by atoms with van der Waals surface area (Å²) in [7, 11) is 0. The Balaban J connectivity index is 1.54. The van der Waals surface area contributed by atoms with Crippen LogP contribution in [-0.2, 0) is 6.54 Å². The molecular formula is C22H20ClN3O2. The summed E-state index contributed by atoms with van der Waals surface area (Å²) >= 11 is 5.98. The number of nitrogens with zero attached hydrogens (tertiary/aromatic N) is 2. The smallest absolute Gasteiger partial charge is 0.272 e. The van der Waals surface area contributed by atoms with Gasteiger partial charge in [-0.2, -0.15) is 5.10 Å². The molecule has 1 amide bonds. The summed E-state index contributed by atoms with van der Waals surface area (Å²) in [5.41, 5.74) is 1.97. The van der Waals surface area contributed by atoms with Gasteiger partial charge >= 0.3 is 0 Å². The topological polar surface area (TPSA) is 64.0 Å². The largest absolute Gasteiger partial charge is 0.344 e. The number of carbonyl (C=O) groups is 1. The van der Waals surface area contributed by atoms with Gasteiger partial charge in [-0.3, -0.25) is 9.59 Å². The number of hydrogen-bond donors (Lipinski definition) is 1. The number of rotatable bonds is 6. The molecule has 1 aliphatic carbocycles. The number of carbonyl (C=O) groups excluding carboxylic acids is 1. The molecule has 5 nitrogen and oxygen atoms in total. The predicted octanol–water partition coefficient (Wildman–Crippen LogP) is 3.83. The summed E-state index contributed by atoms with van der Waals surface area (Å²) in [6.07, 6.45) is 2.16. The SMILES string of the molecule is O=C(NC(c1ccc(Cl)cc1)C1CC1)c1ccc(=O)n(Cc2ccccc2)n1. The van der Waals surface area contributed by atoms with Crippen LogP contribution in [0.1, 0.15) is 40.5 Å². The maximum atomic E-state index is 12.8. The highest BCUT2D eigenvalue weighted by molar-refractivity contribution is 6.30. The van der Waals surface area contributed by atoms with Gasteiger partial charge in [-0.25, -0.2) is 4.68 Å². The number of amides is 1. The molecule has 1 saturated carbocycles. The van der Waals surface area contributed by atoms with Crippen molar-refractivity contribution in [2.24, 2.45) is 5.92 Å². The van der Waals surface area contributed by atoms with Gasteiger partial charge in [-0.15, -0.1) is 0 Å². The van der Waals surface area contributed by atoms with Gasteiger partial charge in [-0.05, 0) is 48.1 Å². The van der Waals surface area contributed by atoms with Crippen molar-refractivity contribution in [3.05, 3.63) is 98.9 Å². The number of benzene rings is 2. The minimum atomic E-state index is -0.284. The normalized spacial score (nSPS) is 14.5. The third-order valence-electron chi connectivity index (χ3n) is 4.88. The minimum absolute atomic E-state index is 0.0823. The summed E-state index contributed by atoms with van der Waals surface area (Å²) in [6, 6.07) is 19.9. The van der Waals surface area contributed by atoms with Crippen LogP contribution in [0.25, 0.3) is 0 Å². The second-order valence-electron chi connectivity index (χ2n) is 7.04. The van der Waals surface area contributed by atoms with E-state index >= 15 is 0 Å². The fourth-order valence-corrected chi connectivity index (χ4v) is 3.35. The second kappa shape index (κ2) is 7.98. The van der Waals surface area contributed by atoms with Crippen molar-refractivity contribution in [2.45, 2.75) is 25.4 Å². The number of nitrogens with one attached hydrogen (secondary N) is 1. The van der Waals surface area contributed by atoms with Crippen molar-refractivity contribution >= 4 is 17.5 Å². The zero-order chi connectivity index (χ0) is 19.5. The molecule has 1 fully saturated rings. The highest BCUT2D eigenvalue weighted by Crippen LogP contribution is 2.41. The first-order chi connectivity index (χ1) is 13.6. The molecule has 3 aromatic rings. The van der Waals surface area contributed by atoms with Crippen molar-refractivity contribution in [3.8, 4) is 0 Å². The van der Waals surface area contributed by atoms with Crippen molar-refractivity contribution in [1.29, 1.82) is 0 Å². The Labute approximate surface area is 168 Å². The number of aromatic nitrogens is 2. The van der Waals surface area contributed by atoms with Crippen LogP contribution in [0.3, 0.4) is 0 Å². The van der Waals surface area contributed by atoms with Crippen LogP contribution in [-0.4, -0.2) is 15.7 Å². The Morgan fingerprint density at radius 3 is 2.46 bits per heavy atom. The summed E-state index contributed by atoms with van der Waals surface area (Å²) in [5, 5.41) is 8.03. The Morgan fingerprint density at radius 2 is 1.79 bits per heavy atom. The maximum absolute atomic E-state index is 12.8. The van der Waals surface area contributed by atoms with Crippen LogP contribution < -0.4 is 10.9 Å². The highest BCUT2D eigenvalue weighted by atomic mass is 35.5. The monoisotopic (exact) mass is 393 g/mol. The molecule has 0 saturated heterocycles. The Kier molecular flexibility index (Phi) is 5.26. The number of halogens is 1. The van der Waals surface area contributed by atoms with Crippen molar-refractivity contribution in [2.75, 3.05) is 0 Å². The van der Waals surface area contributed by atoms with Crippen LogP contribution in [0, 0.1) is 5.92 Å². The molecule has 1 aliphatic rings. The lowest BCUT2D eigenvalue weighted by atomic mass is 10.0. The van der Waals surface area contributed by atoms with Crippen molar-refractivity contribution < 1.29 is 4.79 Å². The van der Waals surface area contributed by atoms with Gasteiger partial charge in [-0.1, -0.05) is 54.1 Å². The maximum Gasteiger partial charge on any atom is 0.272 e. The molecule has 1 unspecified atom stereocenters. The molecule has 0 aliphatic heterocycles. The summed E-state index contributed by atoms with van der Waals surface area (Å²) < 4.78 is 1.32. The van der Waals surface area contributed by atoms with E-state index in [4.69, 9.17) is 11.6 Å². The molecule has 6 heteroatoms. The van der Waals surface area contributed by atoms with Gasteiger partial charge in [0.15, 0.2) is 0 Å². The molecule has 1 N–H and O–H groups in total. The van der Waals surface area contributed by atoms with Gasteiger partial charge in [0.1, 0.15) is 5.69 Å². The van der Waals surface area contributed by atoms with Crippen LogP contribution in [0.15, 0.2) is 71.5 Å². The molecule has 1 heterocycles. The zero-order valence-electron chi connectivity index (χ0n) is 15.2. The van der Waals surface area contributed by atoms with E-state index in [1.54, 1.807) is 0 Å². The molecule has 1 atom stereocenters. The first-order valence-electron chi connectivity index (χ1n) is 9.28. The first kappa shape index (κ1) is 18.4. The van der Waals surface area contributed by atoms with E-state index in [0.717, 1.165) is 24.0 Å².